The quantitative estimate of drug-likeness (QED) is 0.492. The number of rotatable bonds is 6. The first-order valence-corrected chi connectivity index (χ1v) is 6.67. The van der Waals surface area contributed by atoms with Gasteiger partial charge < -0.3 is 19.5 Å². The Labute approximate surface area is 120 Å². The van der Waals surface area contributed by atoms with Gasteiger partial charge in [0.1, 0.15) is 0 Å². The van der Waals surface area contributed by atoms with Crippen molar-refractivity contribution in [3.05, 3.63) is 23.0 Å². The first-order valence-electron chi connectivity index (χ1n) is 6.30. The molecule has 0 fully saturated rings. The Morgan fingerprint density at radius 1 is 1.58 bits per heavy atom. The first kappa shape index (κ1) is 15.9. The molecule has 0 amide bonds. The summed E-state index contributed by atoms with van der Waals surface area (Å²) in [6.45, 7) is 2.35. The highest BCUT2D eigenvalue weighted by molar-refractivity contribution is 6.30. The van der Waals surface area contributed by atoms with Crippen LogP contribution in [-0.2, 0) is 18.3 Å². The number of hydrogen-bond donors (Lipinski definition) is 1. The molecule has 0 radical (unpaired) electrons. The number of halogens is 1. The third kappa shape index (κ3) is 5.12. The molecular formula is C13H23ClN4O. The monoisotopic (exact) mass is 286 g/mol. The van der Waals surface area contributed by atoms with Crippen LogP contribution in [-0.4, -0.2) is 49.8 Å². The molecule has 1 aromatic heterocycles. The van der Waals surface area contributed by atoms with Crippen molar-refractivity contribution in [1.29, 1.82) is 0 Å². The van der Waals surface area contributed by atoms with E-state index in [9.17, 15) is 0 Å². The average Bonchev–Trinajstić information content (AvgIpc) is 2.68. The summed E-state index contributed by atoms with van der Waals surface area (Å²) in [6, 6.07) is 1.97. The summed E-state index contributed by atoms with van der Waals surface area (Å²) in [5, 5.41) is 4.06. The predicted octanol–water partition coefficient (Wildman–Crippen LogP) is 1.72. The second-order valence-electron chi connectivity index (χ2n) is 4.44. The molecule has 0 aliphatic carbocycles. The van der Waals surface area contributed by atoms with E-state index in [1.165, 1.54) is 0 Å². The number of guanidine groups is 1. The number of aromatic nitrogens is 1. The molecule has 19 heavy (non-hydrogen) atoms. The summed E-state index contributed by atoms with van der Waals surface area (Å²) < 4.78 is 7.05. The lowest BCUT2D eigenvalue weighted by Crippen LogP contribution is -2.39. The molecular weight excluding hydrogens is 264 g/mol. The SMILES string of the molecule is CN=C(NCCCOC)N(C)Cc1cc(Cl)cn1C. The molecule has 0 spiro atoms. The summed E-state index contributed by atoms with van der Waals surface area (Å²) in [7, 11) is 7.49. The number of aryl methyl sites for hydroxylation is 1. The molecule has 5 nitrogen and oxygen atoms in total. The molecule has 0 atom stereocenters. The Bertz CT molecular complexity index is 417. The van der Waals surface area contributed by atoms with Crippen LogP contribution in [0.5, 0.6) is 0 Å². The van der Waals surface area contributed by atoms with Crippen molar-refractivity contribution in [2.24, 2.45) is 12.0 Å². The second-order valence-corrected chi connectivity index (χ2v) is 4.87. The molecule has 0 unspecified atom stereocenters. The van der Waals surface area contributed by atoms with Crippen molar-refractivity contribution in [2.75, 3.05) is 34.4 Å². The van der Waals surface area contributed by atoms with Crippen LogP contribution in [0.4, 0.5) is 0 Å². The van der Waals surface area contributed by atoms with Crippen LogP contribution in [0.2, 0.25) is 5.02 Å². The van der Waals surface area contributed by atoms with Crippen LogP contribution in [0, 0.1) is 0 Å². The Morgan fingerprint density at radius 2 is 2.32 bits per heavy atom. The number of methoxy groups -OCH3 is 1. The van der Waals surface area contributed by atoms with Gasteiger partial charge in [-0.3, -0.25) is 4.99 Å². The van der Waals surface area contributed by atoms with E-state index < -0.39 is 0 Å². The minimum absolute atomic E-state index is 0.751. The topological polar surface area (TPSA) is 41.8 Å². The van der Waals surface area contributed by atoms with Gasteiger partial charge in [0, 0.05) is 53.3 Å². The zero-order valence-corrected chi connectivity index (χ0v) is 12.9. The van der Waals surface area contributed by atoms with Gasteiger partial charge in [0.15, 0.2) is 5.96 Å². The Morgan fingerprint density at radius 3 is 2.84 bits per heavy atom. The van der Waals surface area contributed by atoms with Crippen molar-refractivity contribution in [3.63, 3.8) is 0 Å². The predicted molar refractivity (Wildman–Crippen MR) is 79.7 cm³/mol. The molecule has 108 valence electrons. The lowest BCUT2D eigenvalue weighted by atomic mass is 10.4. The molecule has 0 saturated heterocycles. The van der Waals surface area contributed by atoms with Crippen molar-refractivity contribution < 1.29 is 4.74 Å². The molecule has 0 aliphatic heterocycles. The molecule has 1 N–H and O–H groups in total. The van der Waals surface area contributed by atoms with E-state index in [0.29, 0.717) is 0 Å². The van der Waals surface area contributed by atoms with E-state index >= 15 is 0 Å². The van der Waals surface area contributed by atoms with E-state index in [2.05, 4.69) is 15.2 Å². The average molecular weight is 287 g/mol. The van der Waals surface area contributed by atoms with Crippen LogP contribution >= 0.6 is 11.6 Å². The van der Waals surface area contributed by atoms with Crippen LogP contribution in [0.25, 0.3) is 0 Å². The van der Waals surface area contributed by atoms with Crippen molar-refractivity contribution in [2.45, 2.75) is 13.0 Å². The van der Waals surface area contributed by atoms with Crippen LogP contribution in [0.15, 0.2) is 17.3 Å². The van der Waals surface area contributed by atoms with E-state index in [1.807, 2.05) is 30.9 Å². The number of nitrogens with zero attached hydrogens (tertiary/aromatic N) is 3. The number of nitrogens with one attached hydrogen (secondary N) is 1. The second kappa shape index (κ2) is 8.07. The Balaban J connectivity index is 2.50. The van der Waals surface area contributed by atoms with Crippen LogP contribution in [0.3, 0.4) is 0 Å². The number of aliphatic imine (C=N–C) groups is 1. The first-order chi connectivity index (χ1) is 9.08. The highest BCUT2D eigenvalue weighted by Crippen LogP contribution is 2.14. The van der Waals surface area contributed by atoms with Gasteiger partial charge in [-0.15, -0.1) is 0 Å². The lowest BCUT2D eigenvalue weighted by molar-refractivity contribution is 0.195. The van der Waals surface area contributed by atoms with Crippen molar-refractivity contribution >= 4 is 17.6 Å². The van der Waals surface area contributed by atoms with Crippen LogP contribution < -0.4 is 5.32 Å². The fourth-order valence-corrected chi connectivity index (χ4v) is 2.11. The zero-order chi connectivity index (χ0) is 14.3. The van der Waals surface area contributed by atoms with Gasteiger partial charge in [-0.05, 0) is 12.5 Å². The minimum Gasteiger partial charge on any atom is -0.385 e. The summed E-state index contributed by atoms with van der Waals surface area (Å²) in [5.74, 6) is 0.869. The van der Waals surface area contributed by atoms with E-state index in [-0.39, 0.29) is 0 Å². The van der Waals surface area contributed by atoms with E-state index in [0.717, 1.165) is 42.8 Å². The Kier molecular flexibility index (Phi) is 6.73. The van der Waals surface area contributed by atoms with E-state index in [1.54, 1.807) is 14.2 Å². The van der Waals surface area contributed by atoms with Gasteiger partial charge in [-0.25, -0.2) is 0 Å². The van der Waals surface area contributed by atoms with Crippen molar-refractivity contribution in [3.8, 4) is 0 Å². The van der Waals surface area contributed by atoms with Gasteiger partial charge in [0.2, 0.25) is 0 Å². The molecule has 1 aromatic rings. The Hall–Kier alpha value is -1.20. The molecule has 0 aromatic carbocycles. The largest absolute Gasteiger partial charge is 0.385 e. The summed E-state index contributed by atoms with van der Waals surface area (Å²) in [6.07, 6.45) is 2.86. The van der Waals surface area contributed by atoms with E-state index in [4.69, 9.17) is 16.3 Å². The fourth-order valence-electron chi connectivity index (χ4n) is 1.84. The molecule has 6 heteroatoms. The zero-order valence-electron chi connectivity index (χ0n) is 12.1. The minimum atomic E-state index is 0.751. The number of hydrogen-bond acceptors (Lipinski definition) is 2. The third-order valence-corrected chi connectivity index (χ3v) is 3.06. The van der Waals surface area contributed by atoms with Gasteiger partial charge in [-0.1, -0.05) is 11.6 Å². The maximum absolute atomic E-state index is 5.98. The molecule has 1 rings (SSSR count). The van der Waals surface area contributed by atoms with Gasteiger partial charge in [0.05, 0.1) is 11.6 Å². The molecule has 0 saturated carbocycles. The summed E-state index contributed by atoms with van der Waals surface area (Å²) in [4.78, 5) is 6.33. The molecule has 0 aliphatic rings. The van der Waals surface area contributed by atoms with Gasteiger partial charge in [-0.2, -0.15) is 0 Å². The highest BCUT2D eigenvalue weighted by Gasteiger charge is 2.09. The standard InChI is InChI=1S/C13H23ClN4O/c1-15-13(16-6-5-7-19-4)18(3)10-12-8-11(14)9-17(12)2/h8-9H,5-7,10H2,1-4H3,(H,15,16). The smallest absolute Gasteiger partial charge is 0.193 e. The summed E-state index contributed by atoms with van der Waals surface area (Å²) >= 11 is 5.98. The third-order valence-electron chi connectivity index (χ3n) is 2.86. The summed E-state index contributed by atoms with van der Waals surface area (Å²) in [5.41, 5.74) is 1.15. The normalized spacial score (nSPS) is 11.7. The number of ether oxygens (including phenoxy) is 1. The van der Waals surface area contributed by atoms with Gasteiger partial charge in [0.25, 0.3) is 0 Å². The lowest BCUT2D eigenvalue weighted by Gasteiger charge is -2.22. The maximum atomic E-state index is 5.98. The molecule has 1 heterocycles. The highest BCUT2D eigenvalue weighted by atomic mass is 35.5. The fraction of sp³-hybridized carbons (Fsp3) is 0.615. The van der Waals surface area contributed by atoms with Gasteiger partial charge >= 0.3 is 0 Å². The maximum Gasteiger partial charge on any atom is 0.193 e. The van der Waals surface area contributed by atoms with Crippen molar-refractivity contribution in [1.82, 2.24) is 14.8 Å². The van der Waals surface area contributed by atoms with Crippen LogP contribution in [0.1, 0.15) is 12.1 Å². The molecule has 0 bridgehead atoms.